The molecule has 0 aliphatic carbocycles. The summed E-state index contributed by atoms with van der Waals surface area (Å²) in [5, 5.41) is 4.35. The fraction of sp³-hybridized carbons (Fsp3) is 0.526. The highest BCUT2D eigenvalue weighted by Crippen LogP contribution is 2.20. The second kappa shape index (κ2) is 7.48. The Morgan fingerprint density at radius 3 is 2.50 bits per heavy atom. The number of hydrogen-bond acceptors (Lipinski definition) is 1. The summed E-state index contributed by atoms with van der Waals surface area (Å²) >= 11 is 0. The summed E-state index contributed by atoms with van der Waals surface area (Å²) in [4.78, 5) is 12.3. The van der Waals surface area contributed by atoms with Gasteiger partial charge in [-0.05, 0) is 43.5 Å². The Hall–Kier alpha value is -1.77. The molecule has 0 aliphatic heterocycles. The van der Waals surface area contributed by atoms with Crippen LogP contribution in [0, 0.1) is 12.8 Å². The third-order valence-corrected chi connectivity index (χ3v) is 4.46. The first-order valence-electron chi connectivity index (χ1n) is 8.39. The zero-order valence-electron chi connectivity index (χ0n) is 14.3. The lowest BCUT2D eigenvalue weighted by Crippen LogP contribution is -2.30. The fourth-order valence-corrected chi connectivity index (χ4v) is 3.08. The van der Waals surface area contributed by atoms with Gasteiger partial charge in [0.1, 0.15) is 0 Å². The number of fused-ring (bicyclic) bond motifs is 1. The van der Waals surface area contributed by atoms with Crippen LogP contribution in [0.3, 0.4) is 0 Å². The third kappa shape index (κ3) is 3.70. The molecule has 0 radical (unpaired) electrons. The fourth-order valence-electron chi connectivity index (χ4n) is 3.08. The van der Waals surface area contributed by atoms with Crippen molar-refractivity contribution in [3.8, 4) is 0 Å². The molecule has 1 heterocycles. The van der Waals surface area contributed by atoms with Crippen molar-refractivity contribution in [2.24, 2.45) is 13.0 Å². The molecule has 0 aliphatic rings. The molecule has 0 saturated heterocycles. The first kappa shape index (κ1) is 16.6. The van der Waals surface area contributed by atoms with E-state index in [9.17, 15) is 4.79 Å². The van der Waals surface area contributed by atoms with Crippen LogP contribution in [0.4, 0.5) is 0 Å². The number of nitrogens with one attached hydrogen (secondary N) is 1. The first-order valence-corrected chi connectivity index (χ1v) is 8.39. The van der Waals surface area contributed by atoms with Crippen molar-refractivity contribution < 1.29 is 4.79 Å². The number of aryl methyl sites for hydroxylation is 2. The Morgan fingerprint density at radius 1 is 1.18 bits per heavy atom. The second-order valence-electron chi connectivity index (χ2n) is 6.23. The molecule has 2 rings (SSSR count). The molecule has 1 N–H and O–H groups in total. The minimum atomic E-state index is 0.165. The van der Waals surface area contributed by atoms with Crippen molar-refractivity contribution in [1.82, 2.24) is 9.88 Å². The number of carbonyl (C=O) groups excluding carboxylic acids is 1. The maximum Gasteiger partial charge on any atom is 0.223 e. The number of benzene rings is 1. The van der Waals surface area contributed by atoms with Crippen LogP contribution in [0.1, 0.15) is 50.8 Å². The van der Waals surface area contributed by atoms with E-state index >= 15 is 0 Å². The molecule has 0 spiro atoms. The van der Waals surface area contributed by atoms with E-state index in [-0.39, 0.29) is 11.8 Å². The zero-order valence-corrected chi connectivity index (χ0v) is 14.3. The lowest BCUT2D eigenvalue weighted by molar-refractivity contribution is -0.125. The van der Waals surface area contributed by atoms with Crippen LogP contribution in [0.5, 0.6) is 0 Å². The monoisotopic (exact) mass is 300 g/mol. The van der Waals surface area contributed by atoms with Gasteiger partial charge in [0.15, 0.2) is 0 Å². The summed E-state index contributed by atoms with van der Waals surface area (Å²) in [6.45, 7) is 7.01. The van der Waals surface area contributed by atoms with Gasteiger partial charge in [-0.25, -0.2) is 0 Å². The molecular formula is C19H28N2O. The van der Waals surface area contributed by atoms with Crippen molar-refractivity contribution in [3.05, 3.63) is 35.5 Å². The number of rotatable bonds is 7. The van der Waals surface area contributed by atoms with E-state index in [0.717, 1.165) is 31.2 Å². The van der Waals surface area contributed by atoms with Crippen molar-refractivity contribution in [3.63, 3.8) is 0 Å². The van der Waals surface area contributed by atoms with E-state index in [2.05, 4.69) is 62.0 Å². The number of amides is 1. The quantitative estimate of drug-likeness (QED) is 0.812. The number of aromatic nitrogens is 1. The molecule has 120 valence electrons. The van der Waals surface area contributed by atoms with Gasteiger partial charge in [0.25, 0.3) is 0 Å². The topological polar surface area (TPSA) is 34.0 Å². The molecule has 22 heavy (non-hydrogen) atoms. The standard InChI is InChI=1S/C19H28N2O/c1-5-7-16(8-6-2)19(22)20-13-15-9-10-18-17(12-15)11-14(3)21(18)4/h9-12,16H,5-8,13H2,1-4H3,(H,20,22). The maximum absolute atomic E-state index is 12.3. The van der Waals surface area contributed by atoms with Crippen LogP contribution in [0.25, 0.3) is 10.9 Å². The van der Waals surface area contributed by atoms with E-state index in [1.807, 2.05) is 0 Å². The van der Waals surface area contributed by atoms with E-state index in [4.69, 9.17) is 0 Å². The van der Waals surface area contributed by atoms with Crippen LogP contribution in [0.2, 0.25) is 0 Å². The zero-order chi connectivity index (χ0) is 16.1. The van der Waals surface area contributed by atoms with Gasteiger partial charge in [-0.15, -0.1) is 0 Å². The summed E-state index contributed by atoms with van der Waals surface area (Å²) < 4.78 is 2.19. The molecule has 1 amide bonds. The molecule has 2 aromatic rings. The predicted octanol–water partition coefficient (Wildman–Crippen LogP) is 4.32. The highest BCUT2D eigenvalue weighted by molar-refractivity contribution is 5.82. The van der Waals surface area contributed by atoms with Crippen molar-refractivity contribution >= 4 is 16.8 Å². The second-order valence-corrected chi connectivity index (χ2v) is 6.23. The summed E-state index contributed by atoms with van der Waals surface area (Å²) in [5.41, 5.74) is 3.66. The highest BCUT2D eigenvalue weighted by atomic mass is 16.1. The normalized spacial score (nSPS) is 11.3. The number of carbonyl (C=O) groups is 1. The smallest absolute Gasteiger partial charge is 0.223 e. The predicted molar refractivity (Wildman–Crippen MR) is 92.8 cm³/mol. The van der Waals surface area contributed by atoms with Gasteiger partial charge >= 0.3 is 0 Å². The summed E-state index contributed by atoms with van der Waals surface area (Å²) in [7, 11) is 2.08. The van der Waals surface area contributed by atoms with Crippen LogP contribution in [-0.2, 0) is 18.4 Å². The molecule has 0 bridgehead atoms. The molecule has 3 heteroatoms. The Balaban J connectivity index is 2.03. The van der Waals surface area contributed by atoms with Crippen molar-refractivity contribution in [2.75, 3.05) is 0 Å². The molecule has 3 nitrogen and oxygen atoms in total. The summed E-state index contributed by atoms with van der Waals surface area (Å²) in [6, 6.07) is 8.62. The minimum Gasteiger partial charge on any atom is -0.352 e. The highest BCUT2D eigenvalue weighted by Gasteiger charge is 2.16. The van der Waals surface area contributed by atoms with Crippen LogP contribution in [0.15, 0.2) is 24.3 Å². The number of hydrogen-bond donors (Lipinski definition) is 1. The molecule has 0 fully saturated rings. The first-order chi connectivity index (χ1) is 10.6. The lowest BCUT2D eigenvalue weighted by atomic mass is 9.97. The van der Waals surface area contributed by atoms with Crippen molar-refractivity contribution in [2.45, 2.75) is 53.0 Å². The Labute approximate surface area is 133 Å². The molecule has 0 atom stereocenters. The van der Waals surface area contributed by atoms with Crippen molar-refractivity contribution in [1.29, 1.82) is 0 Å². The molecule has 1 aromatic heterocycles. The Kier molecular flexibility index (Phi) is 5.64. The van der Waals surface area contributed by atoms with Gasteiger partial charge in [0.2, 0.25) is 5.91 Å². The largest absolute Gasteiger partial charge is 0.352 e. The Bertz CT molecular complexity index is 636. The lowest BCUT2D eigenvalue weighted by Gasteiger charge is -2.15. The van der Waals surface area contributed by atoms with Gasteiger partial charge in [-0.3, -0.25) is 4.79 Å². The average Bonchev–Trinajstić information content (AvgIpc) is 2.79. The number of nitrogens with zero attached hydrogens (tertiary/aromatic N) is 1. The van der Waals surface area contributed by atoms with E-state index in [1.54, 1.807) is 0 Å². The van der Waals surface area contributed by atoms with Crippen LogP contribution >= 0.6 is 0 Å². The molecular weight excluding hydrogens is 272 g/mol. The minimum absolute atomic E-state index is 0.165. The summed E-state index contributed by atoms with van der Waals surface area (Å²) in [6.07, 6.45) is 4.09. The Morgan fingerprint density at radius 2 is 1.86 bits per heavy atom. The van der Waals surface area contributed by atoms with Crippen LogP contribution in [-0.4, -0.2) is 10.5 Å². The molecule has 1 aromatic carbocycles. The van der Waals surface area contributed by atoms with Gasteiger partial charge in [0, 0.05) is 36.1 Å². The van der Waals surface area contributed by atoms with E-state index in [1.165, 1.54) is 16.6 Å². The summed E-state index contributed by atoms with van der Waals surface area (Å²) in [5.74, 6) is 0.366. The molecule has 0 unspecified atom stereocenters. The van der Waals surface area contributed by atoms with Gasteiger partial charge in [-0.2, -0.15) is 0 Å². The van der Waals surface area contributed by atoms with E-state index < -0.39 is 0 Å². The third-order valence-electron chi connectivity index (χ3n) is 4.46. The van der Waals surface area contributed by atoms with Gasteiger partial charge < -0.3 is 9.88 Å². The van der Waals surface area contributed by atoms with Gasteiger partial charge in [-0.1, -0.05) is 32.8 Å². The molecule has 0 saturated carbocycles. The average molecular weight is 300 g/mol. The van der Waals surface area contributed by atoms with Gasteiger partial charge in [0.05, 0.1) is 0 Å². The maximum atomic E-state index is 12.3. The van der Waals surface area contributed by atoms with Crippen LogP contribution < -0.4 is 5.32 Å². The van der Waals surface area contributed by atoms with E-state index in [0.29, 0.717) is 6.54 Å². The SMILES string of the molecule is CCCC(CCC)C(=O)NCc1ccc2c(c1)cc(C)n2C.